The van der Waals surface area contributed by atoms with Crippen LogP contribution in [0.25, 0.3) is 0 Å². The summed E-state index contributed by atoms with van der Waals surface area (Å²) in [5.74, 6) is -2.29. The molecule has 0 N–H and O–H groups in total. The zero-order valence-corrected chi connectivity index (χ0v) is 42.6. The van der Waals surface area contributed by atoms with Crippen LogP contribution in [0.3, 0.4) is 0 Å². The topological polar surface area (TPSA) is 111 Å². The number of hydrogen-bond donors (Lipinski definition) is 0. The summed E-state index contributed by atoms with van der Waals surface area (Å²) < 4.78 is 22.6. The molecule has 0 aliphatic heterocycles. The minimum Gasteiger partial charge on any atom is -0.545 e. The second kappa shape index (κ2) is 47.5. The Labute approximate surface area is 399 Å². The number of rotatable bonds is 48. The molecule has 9 nitrogen and oxygen atoms in total. The summed E-state index contributed by atoms with van der Waals surface area (Å²) in [5, 5.41) is 11.7. The number of carbonyl (C=O) groups is 3. The summed E-state index contributed by atoms with van der Waals surface area (Å²) in [6.07, 6.45) is 55.5. The highest BCUT2D eigenvalue weighted by Gasteiger charge is 2.22. The zero-order chi connectivity index (χ0) is 47.7. The lowest BCUT2D eigenvalue weighted by Gasteiger charge is -2.26. The smallest absolute Gasteiger partial charge is 0.306 e. The molecule has 0 heterocycles. The summed E-state index contributed by atoms with van der Waals surface area (Å²) in [5.41, 5.74) is 0. The van der Waals surface area contributed by atoms with E-state index in [4.69, 9.17) is 18.9 Å². The van der Waals surface area contributed by atoms with Gasteiger partial charge in [-0.05, 0) is 77.0 Å². The maximum atomic E-state index is 12.8. The average molecular weight is 914 g/mol. The maximum absolute atomic E-state index is 12.8. The average Bonchev–Trinajstić information content (AvgIpc) is 3.27. The first-order valence-corrected chi connectivity index (χ1v) is 26.4. The van der Waals surface area contributed by atoms with E-state index in [2.05, 4.69) is 74.6 Å². The number of carboxylic acids is 1. The second-order valence-corrected chi connectivity index (χ2v) is 18.8. The predicted octanol–water partition coefficient (Wildman–Crippen LogP) is 13.6. The van der Waals surface area contributed by atoms with Crippen molar-refractivity contribution in [2.24, 2.45) is 0 Å². The standard InChI is InChI=1S/C56H99NO8/c1-6-8-10-12-14-16-18-20-21-22-23-24-25-26-27-28-29-30-31-32-33-35-37-39-41-43-45-47-54(59)65-52(51-64-56(55(60)61)62-49-48-57(3,4)5)50-63-53(58)46-44-42-40-38-36-34-19-17-15-13-11-9-7-2/h8,10,14,16-17,19-21,23-24,52,56H,6-7,9,11-13,15,18,22,25-51H2,1-5H3/b10-8-,16-14-,19-17-,21-20-,24-23-. The fourth-order valence-electron chi connectivity index (χ4n) is 7.17. The van der Waals surface area contributed by atoms with Gasteiger partial charge in [-0.2, -0.15) is 0 Å². The van der Waals surface area contributed by atoms with Gasteiger partial charge in [0.15, 0.2) is 12.4 Å². The molecule has 0 aromatic carbocycles. The van der Waals surface area contributed by atoms with Crippen LogP contribution in [0.4, 0.5) is 0 Å². The van der Waals surface area contributed by atoms with Crippen molar-refractivity contribution in [3.05, 3.63) is 60.8 Å². The number of hydrogen-bond acceptors (Lipinski definition) is 8. The van der Waals surface area contributed by atoms with Crippen molar-refractivity contribution in [2.75, 3.05) is 47.5 Å². The number of nitrogens with zero attached hydrogens (tertiary/aromatic N) is 1. The number of quaternary nitrogens is 1. The van der Waals surface area contributed by atoms with Crippen LogP contribution >= 0.6 is 0 Å². The van der Waals surface area contributed by atoms with Crippen LogP contribution in [0, 0.1) is 0 Å². The first-order valence-electron chi connectivity index (χ1n) is 26.4. The molecule has 2 unspecified atom stereocenters. The van der Waals surface area contributed by atoms with Crippen molar-refractivity contribution >= 4 is 17.9 Å². The van der Waals surface area contributed by atoms with E-state index in [0.717, 1.165) is 83.5 Å². The summed E-state index contributed by atoms with van der Waals surface area (Å²) in [4.78, 5) is 37.1. The summed E-state index contributed by atoms with van der Waals surface area (Å²) in [6, 6.07) is 0. The van der Waals surface area contributed by atoms with E-state index in [-0.39, 0.29) is 38.6 Å². The lowest BCUT2D eigenvalue weighted by Crippen LogP contribution is -2.44. The highest BCUT2D eigenvalue weighted by molar-refractivity contribution is 5.70. The molecule has 0 radical (unpaired) electrons. The van der Waals surface area contributed by atoms with Crippen molar-refractivity contribution in [2.45, 2.75) is 232 Å². The molecule has 0 saturated carbocycles. The van der Waals surface area contributed by atoms with Gasteiger partial charge < -0.3 is 33.3 Å². The molecule has 0 aliphatic carbocycles. The quantitative estimate of drug-likeness (QED) is 0.0195. The number of allylic oxidation sites excluding steroid dienone is 10. The molecule has 376 valence electrons. The van der Waals surface area contributed by atoms with E-state index in [1.54, 1.807) is 0 Å². The Balaban J connectivity index is 4.23. The Bertz CT molecular complexity index is 1250. The van der Waals surface area contributed by atoms with Crippen LogP contribution in [-0.4, -0.2) is 82.3 Å². The molecule has 2 atom stereocenters. The van der Waals surface area contributed by atoms with E-state index in [1.807, 2.05) is 21.1 Å². The zero-order valence-electron chi connectivity index (χ0n) is 42.6. The van der Waals surface area contributed by atoms with Gasteiger partial charge in [0.05, 0.1) is 40.3 Å². The van der Waals surface area contributed by atoms with Gasteiger partial charge in [0.2, 0.25) is 0 Å². The van der Waals surface area contributed by atoms with Crippen molar-refractivity contribution in [3.8, 4) is 0 Å². The molecular formula is C56H99NO8. The third kappa shape index (κ3) is 48.7. The van der Waals surface area contributed by atoms with Crippen LogP contribution in [0.2, 0.25) is 0 Å². The monoisotopic (exact) mass is 914 g/mol. The van der Waals surface area contributed by atoms with Crippen LogP contribution < -0.4 is 5.11 Å². The number of unbranched alkanes of at least 4 members (excludes halogenated alkanes) is 23. The van der Waals surface area contributed by atoms with Gasteiger partial charge in [0, 0.05) is 12.8 Å². The summed E-state index contributed by atoms with van der Waals surface area (Å²) >= 11 is 0. The highest BCUT2D eigenvalue weighted by Crippen LogP contribution is 2.15. The molecule has 0 amide bonds. The highest BCUT2D eigenvalue weighted by atomic mass is 16.7. The van der Waals surface area contributed by atoms with Crippen molar-refractivity contribution < 1.29 is 42.9 Å². The summed E-state index contributed by atoms with van der Waals surface area (Å²) in [7, 11) is 5.91. The lowest BCUT2D eigenvalue weighted by molar-refractivity contribution is -0.870. The maximum Gasteiger partial charge on any atom is 0.306 e. The normalized spacial score (nSPS) is 13.3. The Kier molecular flexibility index (Phi) is 45.3. The third-order valence-corrected chi connectivity index (χ3v) is 11.2. The van der Waals surface area contributed by atoms with Crippen LogP contribution in [-0.2, 0) is 33.3 Å². The number of carboxylic acid groups (broad SMARTS) is 1. The van der Waals surface area contributed by atoms with Gasteiger partial charge >= 0.3 is 11.9 Å². The number of likely N-dealkylation sites (N-methyl/N-ethyl adjacent to an activating group) is 1. The molecule has 0 bridgehead atoms. The largest absolute Gasteiger partial charge is 0.545 e. The van der Waals surface area contributed by atoms with Gasteiger partial charge in [-0.25, -0.2) is 0 Å². The molecule has 0 aromatic heterocycles. The minimum atomic E-state index is -1.62. The first kappa shape index (κ1) is 62.0. The molecule has 0 aromatic rings. The van der Waals surface area contributed by atoms with Crippen LogP contribution in [0.5, 0.6) is 0 Å². The van der Waals surface area contributed by atoms with E-state index in [9.17, 15) is 19.5 Å². The van der Waals surface area contributed by atoms with E-state index >= 15 is 0 Å². The van der Waals surface area contributed by atoms with Crippen molar-refractivity contribution in [1.82, 2.24) is 0 Å². The van der Waals surface area contributed by atoms with E-state index in [0.29, 0.717) is 17.4 Å². The van der Waals surface area contributed by atoms with Crippen LogP contribution in [0.15, 0.2) is 60.8 Å². The number of aliphatic carboxylic acids is 1. The Morgan fingerprint density at radius 3 is 1.32 bits per heavy atom. The SMILES string of the molecule is CC/C=C\C/C=C\C/C=C\C/C=C\CCCCCCCCCCCCCCCCC(=O)OC(COC(=O)CCCCCCC/C=C\CCCCCC)COC(OCC[N+](C)(C)C)C(=O)[O-]. The molecular weight excluding hydrogens is 815 g/mol. The molecule has 0 rings (SSSR count). The van der Waals surface area contributed by atoms with Gasteiger partial charge in [-0.15, -0.1) is 0 Å². The van der Waals surface area contributed by atoms with Gasteiger partial charge in [-0.1, -0.05) is 190 Å². The number of ether oxygens (including phenoxy) is 4. The third-order valence-electron chi connectivity index (χ3n) is 11.2. The lowest BCUT2D eigenvalue weighted by atomic mass is 10.0. The van der Waals surface area contributed by atoms with Crippen molar-refractivity contribution in [1.29, 1.82) is 0 Å². The second-order valence-electron chi connectivity index (χ2n) is 18.8. The van der Waals surface area contributed by atoms with Crippen molar-refractivity contribution in [3.63, 3.8) is 0 Å². The predicted molar refractivity (Wildman–Crippen MR) is 269 cm³/mol. The van der Waals surface area contributed by atoms with E-state index in [1.165, 1.54) is 103 Å². The molecule has 0 saturated heterocycles. The van der Waals surface area contributed by atoms with Gasteiger partial charge in [-0.3, -0.25) is 9.59 Å². The fraction of sp³-hybridized carbons (Fsp3) is 0.768. The Morgan fingerprint density at radius 1 is 0.477 bits per heavy atom. The molecule has 0 aliphatic rings. The Hall–Kier alpha value is -3.01. The summed E-state index contributed by atoms with van der Waals surface area (Å²) in [6.45, 7) is 4.61. The molecule has 0 fully saturated rings. The minimum absolute atomic E-state index is 0.145. The fourth-order valence-corrected chi connectivity index (χ4v) is 7.17. The van der Waals surface area contributed by atoms with E-state index < -0.39 is 24.3 Å². The number of esters is 2. The van der Waals surface area contributed by atoms with Crippen LogP contribution in [0.1, 0.15) is 219 Å². The number of carbonyl (C=O) groups excluding carboxylic acids is 3. The van der Waals surface area contributed by atoms with Gasteiger partial charge in [0.25, 0.3) is 0 Å². The molecule has 65 heavy (non-hydrogen) atoms. The van der Waals surface area contributed by atoms with Gasteiger partial charge in [0.1, 0.15) is 13.2 Å². The molecule has 0 spiro atoms. The molecule has 9 heteroatoms. The Morgan fingerprint density at radius 2 is 0.877 bits per heavy atom. The first-order chi connectivity index (χ1) is 31.6.